The molecule has 0 aromatic carbocycles. The number of hydrogen-bond acceptors (Lipinski definition) is 0. The minimum atomic E-state index is 0.765. The molecular formula is C17H28. The Hall–Kier alpha value is -0.880. The van der Waals surface area contributed by atoms with E-state index in [1.807, 2.05) is 0 Å². The molecule has 96 valence electrons. The summed E-state index contributed by atoms with van der Waals surface area (Å²) in [5.74, 6) is 12.7. The van der Waals surface area contributed by atoms with Gasteiger partial charge in [0.25, 0.3) is 0 Å². The Morgan fingerprint density at radius 3 is 1.59 bits per heavy atom. The quantitative estimate of drug-likeness (QED) is 0.392. The van der Waals surface area contributed by atoms with Gasteiger partial charge in [0.2, 0.25) is 0 Å². The third kappa shape index (κ3) is 15.1. The molecule has 0 N–H and O–H groups in total. The highest BCUT2D eigenvalue weighted by atomic mass is 13.9. The Kier molecular flexibility index (Phi) is 14.3. The molecule has 0 aliphatic carbocycles. The number of rotatable bonds is 8. The van der Waals surface area contributed by atoms with Gasteiger partial charge in [0.15, 0.2) is 0 Å². The lowest BCUT2D eigenvalue weighted by Crippen LogP contribution is -1.76. The molecule has 0 aliphatic rings. The smallest absolute Gasteiger partial charge is 0.0702 e. The van der Waals surface area contributed by atoms with E-state index in [1.54, 1.807) is 0 Å². The van der Waals surface area contributed by atoms with Gasteiger partial charge in [-0.05, 0) is 12.8 Å². The Morgan fingerprint density at radius 2 is 1.00 bits per heavy atom. The molecule has 0 nitrogen and oxygen atoms in total. The zero-order valence-corrected chi connectivity index (χ0v) is 11.8. The van der Waals surface area contributed by atoms with Crippen LogP contribution in [-0.2, 0) is 0 Å². The van der Waals surface area contributed by atoms with Crippen molar-refractivity contribution in [2.45, 2.75) is 84.5 Å². The molecule has 0 saturated carbocycles. The topological polar surface area (TPSA) is 0 Å². The molecular weight excluding hydrogens is 204 g/mol. The summed E-state index contributed by atoms with van der Waals surface area (Å²) in [6.07, 6.45) is 13.4. The maximum atomic E-state index is 3.21. The van der Waals surface area contributed by atoms with Crippen molar-refractivity contribution < 1.29 is 0 Å². The van der Waals surface area contributed by atoms with Crippen molar-refractivity contribution in [3.8, 4) is 23.7 Å². The number of unbranched alkanes of at least 4 members (excludes halogenated alkanes) is 8. The Labute approximate surface area is 109 Å². The molecule has 0 fully saturated rings. The molecule has 0 bridgehead atoms. The zero-order chi connectivity index (χ0) is 12.6. The largest absolute Gasteiger partial charge is 0.102 e. The van der Waals surface area contributed by atoms with Crippen LogP contribution in [0.4, 0.5) is 0 Å². The minimum Gasteiger partial charge on any atom is -0.102 e. The maximum absolute atomic E-state index is 3.21. The predicted molar refractivity (Wildman–Crippen MR) is 77.7 cm³/mol. The summed E-state index contributed by atoms with van der Waals surface area (Å²) in [4.78, 5) is 0. The van der Waals surface area contributed by atoms with E-state index in [2.05, 4.69) is 37.5 Å². The van der Waals surface area contributed by atoms with Crippen LogP contribution >= 0.6 is 0 Å². The van der Waals surface area contributed by atoms with Gasteiger partial charge in [0, 0.05) is 12.8 Å². The highest BCUT2D eigenvalue weighted by molar-refractivity contribution is 5.11. The SMILES string of the molecule is CCCCCC#CCC#CCCCCCCC. The first-order chi connectivity index (χ1) is 8.41. The highest BCUT2D eigenvalue weighted by Gasteiger charge is 1.85. The zero-order valence-electron chi connectivity index (χ0n) is 11.8. The fourth-order valence-electron chi connectivity index (χ4n) is 1.63. The van der Waals surface area contributed by atoms with Crippen molar-refractivity contribution in [3.63, 3.8) is 0 Å². The van der Waals surface area contributed by atoms with Crippen LogP contribution < -0.4 is 0 Å². The van der Waals surface area contributed by atoms with E-state index in [-0.39, 0.29) is 0 Å². The van der Waals surface area contributed by atoms with Crippen molar-refractivity contribution >= 4 is 0 Å². The first kappa shape index (κ1) is 16.1. The maximum Gasteiger partial charge on any atom is 0.0702 e. The van der Waals surface area contributed by atoms with E-state index in [1.165, 1.54) is 51.4 Å². The van der Waals surface area contributed by atoms with Crippen molar-refractivity contribution in [3.05, 3.63) is 0 Å². The third-order valence-electron chi connectivity index (χ3n) is 2.74. The fraction of sp³-hybridized carbons (Fsp3) is 0.765. The van der Waals surface area contributed by atoms with Gasteiger partial charge in [-0.1, -0.05) is 64.2 Å². The van der Waals surface area contributed by atoms with Crippen LogP contribution in [-0.4, -0.2) is 0 Å². The predicted octanol–water partition coefficient (Wildman–Crippen LogP) is 5.32. The molecule has 0 heteroatoms. The van der Waals surface area contributed by atoms with Crippen LogP contribution in [0.25, 0.3) is 0 Å². The van der Waals surface area contributed by atoms with Crippen molar-refractivity contribution in [2.75, 3.05) is 0 Å². The second-order valence-corrected chi connectivity index (χ2v) is 4.51. The molecule has 0 spiro atoms. The molecule has 0 amide bonds. The number of hydrogen-bond donors (Lipinski definition) is 0. The normalized spacial score (nSPS) is 9.06. The van der Waals surface area contributed by atoms with Crippen molar-refractivity contribution in [1.82, 2.24) is 0 Å². The minimum absolute atomic E-state index is 0.765. The standard InChI is InChI=1S/C17H28/c1-3-5-7-9-11-13-15-17-16-14-12-10-8-6-4-2/h3-11,13,16H2,1-2H3. The summed E-state index contributed by atoms with van der Waals surface area (Å²) in [5, 5.41) is 0. The van der Waals surface area contributed by atoms with Crippen molar-refractivity contribution in [2.24, 2.45) is 0 Å². The Balaban J connectivity index is 3.24. The van der Waals surface area contributed by atoms with Gasteiger partial charge in [-0.3, -0.25) is 0 Å². The molecule has 0 heterocycles. The van der Waals surface area contributed by atoms with Crippen molar-refractivity contribution in [1.29, 1.82) is 0 Å². The second kappa shape index (κ2) is 15.1. The third-order valence-corrected chi connectivity index (χ3v) is 2.74. The first-order valence-corrected chi connectivity index (χ1v) is 7.33. The average molecular weight is 232 g/mol. The Morgan fingerprint density at radius 1 is 0.529 bits per heavy atom. The van der Waals surface area contributed by atoms with E-state index in [0.29, 0.717) is 0 Å². The molecule has 0 unspecified atom stereocenters. The molecule has 0 atom stereocenters. The molecule has 0 aromatic heterocycles. The summed E-state index contributed by atoms with van der Waals surface area (Å²) < 4.78 is 0. The summed E-state index contributed by atoms with van der Waals surface area (Å²) in [6.45, 7) is 4.47. The second-order valence-electron chi connectivity index (χ2n) is 4.51. The van der Waals surface area contributed by atoms with Crippen LogP contribution in [0.1, 0.15) is 84.5 Å². The molecule has 0 rings (SSSR count). The summed E-state index contributed by atoms with van der Waals surface area (Å²) in [6, 6.07) is 0. The van der Waals surface area contributed by atoms with E-state index in [9.17, 15) is 0 Å². The van der Waals surface area contributed by atoms with Crippen LogP contribution in [0.5, 0.6) is 0 Å². The van der Waals surface area contributed by atoms with Crippen LogP contribution in [0.3, 0.4) is 0 Å². The molecule has 0 saturated heterocycles. The Bertz CT molecular complexity index is 253. The van der Waals surface area contributed by atoms with Gasteiger partial charge in [-0.2, -0.15) is 0 Å². The van der Waals surface area contributed by atoms with Gasteiger partial charge >= 0.3 is 0 Å². The lowest BCUT2D eigenvalue weighted by molar-refractivity contribution is 0.641. The van der Waals surface area contributed by atoms with E-state index >= 15 is 0 Å². The van der Waals surface area contributed by atoms with E-state index in [4.69, 9.17) is 0 Å². The van der Waals surface area contributed by atoms with Gasteiger partial charge in [-0.15, -0.1) is 11.8 Å². The monoisotopic (exact) mass is 232 g/mol. The molecule has 17 heavy (non-hydrogen) atoms. The van der Waals surface area contributed by atoms with Gasteiger partial charge in [0.1, 0.15) is 0 Å². The molecule has 0 aliphatic heterocycles. The highest BCUT2D eigenvalue weighted by Crippen LogP contribution is 2.03. The molecule has 0 radical (unpaired) electrons. The lowest BCUT2D eigenvalue weighted by Gasteiger charge is -1.94. The van der Waals surface area contributed by atoms with Gasteiger partial charge in [-0.25, -0.2) is 0 Å². The summed E-state index contributed by atoms with van der Waals surface area (Å²) in [5.41, 5.74) is 0. The summed E-state index contributed by atoms with van der Waals surface area (Å²) >= 11 is 0. The fourth-order valence-corrected chi connectivity index (χ4v) is 1.63. The van der Waals surface area contributed by atoms with Crippen LogP contribution in [0, 0.1) is 23.7 Å². The summed E-state index contributed by atoms with van der Waals surface area (Å²) in [7, 11) is 0. The van der Waals surface area contributed by atoms with E-state index in [0.717, 1.165) is 19.3 Å². The lowest BCUT2D eigenvalue weighted by atomic mass is 10.1. The van der Waals surface area contributed by atoms with Crippen LogP contribution in [0.2, 0.25) is 0 Å². The molecule has 0 aromatic rings. The first-order valence-electron chi connectivity index (χ1n) is 7.33. The van der Waals surface area contributed by atoms with Gasteiger partial charge < -0.3 is 0 Å². The average Bonchev–Trinajstić information content (AvgIpc) is 2.35. The van der Waals surface area contributed by atoms with Gasteiger partial charge in [0.05, 0.1) is 6.42 Å². The van der Waals surface area contributed by atoms with Crippen LogP contribution in [0.15, 0.2) is 0 Å². The van der Waals surface area contributed by atoms with E-state index < -0.39 is 0 Å².